The lowest BCUT2D eigenvalue weighted by atomic mass is 9.92. The molecule has 0 bridgehead atoms. The Morgan fingerprint density at radius 2 is 1.76 bits per heavy atom. The zero-order valence-electron chi connectivity index (χ0n) is 12.3. The van der Waals surface area contributed by atoms with Gasteiger partial charge in [-0.05, 0) is 89.8 Å². The fraction of sp³-hybridized carbons (Fsp3) is 0.278. The van der Waals surface area contributed by atoms with E-state index in [-0.39, 0.29) is 11.4 Å². The highest BCUT2D eigenvalue weighted by Gasteiger charge is 2.16. The summed E-state index contributed by atoms with van der Waals surface area (Å²) in [5.74, 6) is -0.727. The lowest BCUT2D eigenvalue weighted by molar-refractivity contribution is -0.115. The molecule has 1 aliphatic carbocycles. The lowest BCUT2D eigenvalue weighted by Gasteiger charge is -2.14. The minimum atomic E-state index is -0.528. The number of benzene rings is 1. The van der Waals surface area contributed by atoms with Crippen molar-refractivity contribution in [3.05, 3.63) is 62.5 Å². The van der Waals surface area contributed by atoms with Crippen LogP contribution in [0.4, 0.5) is 4.39 Å². The fourth-order valence-corrected chi connectivity index (χ4v) is 3.64. The van der Waals surface area contributed by atoms with E-state index in [9.17, 15) is 9.18 Å². The van der Waals surface area contributed by atoms with Crippen molar-refractivity contribution in [2.75, 3.05) is 0 Å². The van der Waals surface area contributed by atoms with Crippen LogP contribution < -0.4 is 0 Å². The van der Waals surface area contributed by atoms with Crippen LogP contribution in [0.15, 0.2) is 42.3 Å². The molecule has 0 radical (unpaired) electrons. The molecule has 0 amide bonds. The van der Waals surface area contributed by atoms with E-state index in [2.05, 4.69) is 55.2 Å². The minimum absolute atomic E-state index is 0.0106. The van der Waals surface area contributed by atoms with E-state index in [1.54, 1.807) is 6.08 Å². The van der Waals surface area contributed by atoms with Crippen LogP contribution in [0, 0.1) is 17.4 Å². The Kier molecular flexibility index (Phi) is 5.14. The minimum Gasteiger partial charge on any atom is -0.294 e. The molecule has 0 saturated heterocycles. The van der Waals surface area contributed by atoms with Gasteiger partial charge in [0.1, 0.15) is 5.83 Å². The lowest BCUT2D eigenvalue weighted by Crippen LogP contribution is -2.01. The van der Waals surface area contributed by atoms with Crippen molar-refractivity contribution in [1.82, 2.24) is 0 Å². The van der Waals surface area contributed by atoms with Crippen molar-refractivity contribution in [2.45, 2.75) is 33.1 Å². The number of rotatable bonds is 1. The second-order valence-electron chi connectivity index (χ2n) is 5.38. The molecule has 0 spiro atoms. The van der Waals surface area contributed by atoms with E-state index in [4.69, 9.17) is 0 Å². The average molecular weight is 396 g/mol. The Hall–Kier alpha value is -1.23. The van der Waals surface area contributed by atoms with E-state index in [0.29, 0.717) is 6.42 Å². The molecule has 0 atom stereocenters. The maximum absolute atomic E-state index is 13.9. The highest BCUT2D eigenvalue weighted by atomic mass is 127. The van der Waals surface area contributed by atoms with Gasteiger partial charge in [-0.15, -0.1) is 0 Å². The van der Waals surface area contributed by atoms with Gasteiger partial charge in [0, 0.05) is 15.6 Å². The quantitative estimate of drug-likeness (QED) is 0.456. The monoisotopic (exact) mass is 396 g/mol. The summed E-state index contributed by atoms with van der Waals surface area (Å²) < 4.78 is 15.1. The standard InChI is InChI=1S/C18H18FIO/c1-11-9-15(20)10-12(2)18(11)14-5-4-6-17(21)13(3)16(19)8-7-14/h7-10H,3-6H2,1-2H3/b14-7+,16-8?. The summed E-state index contributed by atoms with van der Waals surface area (Å²) in [4.78, 5) is 11.7. The maximum atomic E-state index is 13.9. The molecule has 1 aromatic rings. The van der Waals surface area contributed by atoms with Crippen molar-refractivity contribution in [3.8, 4) is 0 Å². The Bertz CT molecular complexity index is 645. The van der Waals surface area contributed by atoms with Gasteiger partial charge < -0.3 is 0 Å². The number of carbonyl (C=O) groups is 1. The zero-order valence-corrected chi connectivity index (χ0v) is 14.5. The van der Waals surface area contributed by atoms with Crippen LogP contribution in [0.1, 0.15) is 36.0 Å². The summed E-state index contributed by atoms with van der Waals surface area (Å²) in [6, 6.07) is 4.25. The summed E-state index contributed by atoms with van der Waals surface area (Å²) in [5, 5.41) is 0. The van der Waals surface area contributed by atoms with Gasteiger partial charge in [0.25, 0.3) is 0 Å². The molecule has 1 aromatic carbocycles. The Morgan fingerprint density at radius 3 is 2.38 bits per heavy atom. The fourth-order valence-electron chi connectivity index (χ4n) is 2.71. The van der Waals surface area contributed by atoms with Gasteiger partial charge in [-0.1, -0.05) is 12.7 Å². The smallest absolute Gasteiger partial charge is 0.165 e. The number of Topliss-reactive ketones (excluding diaryl/α,β-unsaturated/α-hetero) is 1. The van der Waals surface area contributed by atoms with Crippen LogP contribution in [-0.4, -0.2) is 5.78 Å². The van der Waals surface area contributed by atoms with Crippen molar-refractivity contribution in [1.29, 1.82) is 0 Å². The molecule has 0 heterocycles. The first-order valence-corrected chi connectivity index (χ1v) is 8.04. The molecule has 0 aromatic heterocycles. The molecular weight excluding hydrogens is 378 g/mol. The van der Waals surface area contributed by atoms with Crippen LogP contribution in [0.2, 0.25) is 0 Å². The third-order valence-corrected chi connectivity index (χ3v) is 4.35. The van der Waals surface area contributed by atoms with Crippen molar-refractivity contribution in [3.63, 3.8) is 0 Å². The first-order chi connectivity index (χ1) is 9.90. The molecule has 0 N–H and O–H groups in total. The van der Waals surface area contributed by atoms with E-state index < -0.39 is 5.83 Å². The van der Waals surface area contributed by atoms with E-state index in [0.717, 1.165) is 18.4 Å². The van der Waals surface area contributed by atoms with E-state index in [1.807, 2.05) is 0 Å². The highest BCUT2D eigenvalue weighted by Crippen LogP contribution is 2.31. The number of allylic oxidation sites excluding steroid dienone is 5. The highest BCUT2D eigenvalue weighted by molar-refractivity contribution is 14.1. The predicted octanol–water partition coefficient (Wildman–Crippen LogP) is 5.45. The third kappa shape index (κ3) is 3.70. The topological polar surface area (TPSA) is 17.1 Å². The van der Waals surface area contributed by atoms with Gasteiger partial charge in [-0.3, -0.25) is 4.79 Å². The van der Waals surface area contributed by atoms with Gasteiger partial charge in [-0.2, -0.15) is 0 Å². The molecule has 2 rings (SSSR count). The van der Waals surface area contributed by atoms with Gasteiger partial charge >= 0.3 is 0 Å². The molecule has 21 heavy (non-hydrogen) atoms. The number of carbonyl (C=O) groups excluding carboxylic acids is 1. The Labute approximate surface area is 138 Å². The Morgan fingerprint density at radius 1 is 1.14 bits per heavy atom. The molecule has 110 valence electrons. The summed E-state index contributed by atoms with van der Waals surface area (Å²) in [7, 11) is 0. The van der Waals surface area contributed by atoms with Crippen LogP contribution in [0.25, 0.3) is 5.57 Å². The molecule has 3 heteroatoms. The molecule has 1 aliphatic rings. The summed E-state index contributed by atoms with van der Waals surface area (Å²) in [6.45, 7) is 7.68. The van der Waals surface area contributed by atoms with Gasteiger partial charge in [0.15, 0.2) is 5.78 Å². The van der Waals surface area contributed by atoms with E-state index in [1.165, 1.54) is 26.3 Å². The predicted molar refractivity (Wildman–Crippen MR) is 93.8 cm³/mol. The SMILES string of the molecule is C=C1C(=O)CCC/C(c2c(C)cc(I)cc2C)=C\C=C1F. The molecule has 0 saturated carbocycles. The van der Waals surface area contributed by atoms with Crippen LogP contribution >= 0.6 is 22.6 Å². The first-order valence-electron chi connectivity index (χ1n) is 6.96. The number of halogens is 2. The number of hydrogen-bond acceptors (Lipinski definition) is 1. The number of ketones is 1. The first kappa shape index (κ1) is 16.1. The van der Waals surface area contributed by atoms with E-state index >= 15 is 0 Å². The molecule has 0 aliphatic heterocycles. The largest absolute Gasteiger partial charge is 0.294 e. The zero-order chi connectivity index (χ0) is 15.6. The molecular formula is C18H18FIO. The summed E-state index contributed by atoms with van der Waals surface area (Å²) >= 11 is 2.30. The van der Waals surface area contributed by atoms with Crippen molar-refractivity contribution >= 4 is 33.9 Å². The van der Waals surface area contributed by atoms with Crippen LogP contribution in [0.5, 0.6) is 0 Å². The molecule has 0 unspecified atom stereocenters. The van der Waals surface area contributed by atoms with Crippen molar-refractivity contribution < 1.29 is 9.18 Å². The second kappa shape index (κ2) is 6.69. The number of aryl methyl sites for hydroxylation is 2. The average Bonchev–Trinajstić information content (AvgIpc) is 2.45. The molecule has 0 fully saturated rings. The van der Waals surface area contributed by atoms with Gasteiger partial charge in [0.05, 0.1) is 0 Å². The normalized spacial score (nSPS) is 19.2. The van der Waals surface area contributed by atoms with Gasteiger partial charge in [0.2, 0.25) is 0 Å². The third-order valence-electron chi connectivity index (χ3n) is 3.72. The van der Waals surface area contributed by atoms with Crippen LogP contribution in [-0.2, 0) is 4.79 Å². The van der Waals surface area contributed by atoms with Gasteiger partial charge in [-0.25, -0.2) is 4.39 Å². The summed E-state index contributed by atoms with van der Waals surface area (Å²) in [5.41, 5.74) is 4.61. The second-order valence-corrected chi connectivity index (χ2v) is 6.62. The molecule has 1 nitrogen and oxygen atoms in total. The van der Waals surface area contributed by atoms with Crippen molar-refractivity contribution in [2.24, 2.45) is 0 Å². The summed E-state index contributed by atoms with van der Waals surface area (Å²) in [6.07, 6.45) is 5.00. The van der Waals surface area contributed by atoms with Crippen LogP contribution in [0.3, 0.4) is 0 Å². The maximum Gasteiger partial charge on any atom is 0.165 e. The number of hydrogen-bond donors (Lipinski definition) is 0. The Balaban J connectivity index is 2.48.